The fraction of sp³-hybridized carbons (Fsp3) is 0.235. The lowest BCUT2D eigenvalue weighted by Gasteiger charge is -2.09. The Bertz CT molecular complexity index is 629. The summed E-state index contributed by atoms with van der Waals surface area (Å²) in [7, 11) is 0. The Labute approximate surface area is 118 Å². The van der Waals surface area contributed by atoms with E-state index in [-0.39, 0.29) is 5.56 Å². The average molecular weight is 268 g/mol. The Kier molecular flexibility index (Phi) is 4.86. The lowest BCUT2D eigenvalue weighted by Crippen LogP contribution is -2.14. The van der Waals surface area contributed by atoms with Gasteiger partial charge in [-0.2, -0.15) is 5.26 Å². The third kappa shape index (κ3) is 3.43. The quantitative estimate of drug-likeness (QED) is 0.900. The Morgan fingerprint density at radius 3 is 2.55 bits per heavy atom. The molecule has 2 nitrogen and oxygen atoms in total. The van der Waals surface area contributed by atoms with Gasteiger partial charge in [0.2, 0.25) is 0 Å². The van der Waals surface area contributed by atoms with Crippen LogP contribution in [0.1, 0.15) is 29.2 Å². The highest BCUT2D eigenvalue weighted by molar-refractivity contribution is 5.34. The summed E-state index contributed by atoms with van der Waals surface area (Å²) in [6.45, 7) is 3.52. The fourth-order valence-corrected chi connectivity index (χ4v) is 2.18. The van der Waals surface area contributed by atoms with Crippen LogP contribution >= 0.6 is 0 Å². The van der Waals surface area contributed by atoms with Crippen molar-refractivity contribution in [2.75, 3.05) is 0 Å². The molecule has 3 heteroatoms. The van der Waals surface area contributed by atoms with Gasteiger partial charge in [-0.1, -0.05) is 37.3 Å². The van der Waals surface area contributed by atoms with E-state index in [1.54, 1.807) is 12.1 Å². The van der Waals surface area contributed by atoms with Crippen LogP contribution in [0.4, 0.5) is 4.39 Å². The van der Waals surface area contributed by atoms with E-state index in [9.17, 15) is 4.39 Å². The van der Waals surface area contributed by atoms with Crippen LogP contribution in [0.5, 0.6) is 0 Å². The molecule has 0 spiro atoms. The first-order chi connectivity index (χ1) is 9.74. The number of nitrogens with one attached hydrogen (secondary N) is 1. The van der Waals surface area contributed by atoms with E-state index >= 15 is 0 Å². The van der Waals surface area contributed by atoms with Crippen LogP contribution in [0.3, 0.4) is 0 Å². The molecule has 0 radical (unpaired) electrons. The van der Waals surface area contributed by atoms with Gasteiger partial charge in [0.25, 0.3) is 0 Å². The predicted octanol–water partition coefficient (Wildman–Crippen LogP) is 3.55. The van der Waals surface area contributed by atoms with E-state index in [0.29, 0.717) is 6.54 Å². The summed E-state index contributed by atoms with van der Waals surface area (Å²) < 4.78 is 13.2. The van der Waals surface area contributed by atoms with E-state index in [0.717, 1.165) is 18.5 Å². The standard InChI is InChI=1S/C17H17FN2/c1-2-14-5-3-4-6-15(14)12-20-11-13-7-8-17(18)16(9-13)10-19/h3-9,20H,2,11-12H2,1H3. The molecule has 0 aromatic heterocycles. The van der Waals surface area contributed by atoms with Crippen LogP contribution < -0.4 is 5.32 Å². The van der Waals surface area contributed by atoms with E-state index in [4.69, 9.17) is 5.26 Å². The third-order valence-electron chi connectivity index (χ3n) is 3.30. The maximum Gasteiger partial charge on any atom is 0.140 e. The van der Waals surface area contributed by atoms with Gasteiger partial charge >= 0.3 is 0 Å². The zero-order valence-corrected chi connectivity index (χ0v) is 11.5. The molecule has 0 aliphatic rings. The molecule has 0 unspecified atom stereocenters. The minimum atomic E-state index is -0.465. The summed E-state index contributed by atoms with van der Waals surface area (Å²) in [5, 5.41) is 12.1. The van der Waals surface area contributed by atoms with Crippen molar-refractivity contribution in [3.05, 3.63) is 70.5 Å². The third-order valence-corrected chi connectivity index (χ3v) is 3.30. The SMILES string of the molecule is CCc1ccccc1CNCc1ccc(F)c(C#N)c1. The molecule has 0 aliphatic carbocycles. The van der Waals surface area contributed by atoms with Crippen molar-refractivity contribution in [1.82, 2.24) is 5.32 Å². The smallest absolute Gasteiger partial charge is 0.140 e. The summed E-state index contributed by atoms with van der Waals surface area (Å²) >= 11 is 0. The Morgan fingerprint density at radius 1 is 1.10 bits per heavy atom. The van der Waals surface area contributed by atoms with Crippen molar-refractivity contribution >= 4 is 0 Å². The topological polar surface area (TPSA) is 35.8 Å². The molecule has 2 aromatic rings. The second kappa shape index (κ2) is 6.83. The number of nitrogens with zero attached hydrogens (tertiary/aromatic N) is 1. The van der Waals surface area contributed by atoms with Gasteiger partial charge in [-0.25, -0.2) is 4.39 Å². The zero-order valence-electron chi connectivity index (χ0n) is 11.5. The van der Waals surface area contributed by atoms with Crippen molar-refractivity contribution in [1.29, 1.82) is 5.26 Å². The molecule has 0 saturated carbocycles. The van der Waals surface area contributed by atoms with Crippen LogP contribution in [0.25, 0.3) is 0 Å². The van der Waals surface area contributed by atoms with Gasteiger partial charge in [-0.15, -0.1) is 0 Å². The predicted molar refractivity (Wildman–Crippen MR) is 77.5 cm³/mol. The monoisotopic (exact) mass is 268 g/mol. The number of benzene rings is 2. The van der Waals surface area contributed by atoms with Crippen LogP contribution in [-0.4, -0.2) is 0 Å². The molecule has 1 N–H and O–H groups in total. The molecule has 0 aliphatic heterocycles. The first-order valence-corrected chi connectivity index (χ1v) is 6.70. The number of aryl methyl sites for hydroxylation is 1. The summed E-state index contributed by atoms with van der Waals surface area (Å²) in [5.41, 5.74) is 3.62. The highest BCUT2D eigenvalue weighted by Gasteiger charge is 2.03. The largest absolute Gasteiger partial charge is 0.309 e. The van der Waals surface area contributed by atoms with E-state index in [2.05, 4.69) is 24.4 Å². The minimum Gasteiger partial charge on any atom is -0.309 e. The van der Waals surface area contributed by atoms with Gasteiger partial charge in [0, 0.05) is 13.1 Å². The summed E-state index contributed by atoms with van der Waals surface area (Å²) in [6, 6.07) is 14.8. The van der Waals surface area contributed by atoms with Crippen molar-refractivity contribution < 1.29 is 4.39 Å². The van der Waals surface area contributed by atoms with Crippen LogP contribution in [-0.2, 0) is 19.5 Å². The van der Waals surface area contributed by atoms with Crippen LogP contribution in [0, 0.1) is 17.1 Å². The van der Waals surface area contributed by atoms with Crippen molar-refractivity contribution in [3.8, 4) is 6.07 Å². The fourth-order valence-electron chi connectivity index (χ4n) is 2.18. The highest BCUT2D eigenvalue weighted by atomic mass is 19.1. The number of hydrogen-bond acceptors (Lipinski definition) is 2. The molecule has 0 amide bonds. The zero-order chi connectivity index (χ0) is 14.4. The Hall–Kier alpha value is -2.18. The number of hydrogen-bond donors (Lipinski definition) is 1. The van der Waals surface area contributed by atoms with E-state index < -0.39 is 5.82 Å². The van der Waals surface area contributed by atoms with Crippen molar-refractivity contribution in [2.45, 2.75) is 26.4 Å². The number of rotatable bonds is 5. The lowest BCUT2D eigenvalue weighted by molar-refractivity contribution is 0.621. The molecule has 0 heterocycles. The molecular formula is C17H17FN2. The molecule has 0 bridgehead atoms. The normalized spacial score (nSPS) is 10.2. The summed E-state index contributed by atoms with van der Waals surface area (Å²) in [6.07, 6.45) is 1.01. The first kappa shape index (κ1) is 14.2. The molecule has 102 valence electrons. The molecule has 20 heavy (non-hydrogen) atoms. The van der Waals surface area contributed by atoms with Crippen LogP contribution in [0.2, 0.25) is 0 Å². The molecule has 2 aromatic carbocycles. The maximum atomic E-state index is 13.2. The van der Waals surface area contributed by atoms with Gasteiger partial charge in [0.1, 0.15) is 11.9 Å². The van der Waals surface area contributed by atoms with Gasteiger partial charge in [-0.3, -0.25) is 0 Å². The second-order valence-electron chi connectivity index (χ2n) is 4.65. The van der Waals surface area contributed by atoms with Gasteiger partial charge in [0.05, 0.1) is 5.56 Å². The Morgan fingerprint density at radius 2 is 1.85 bits per heavy atom. The number of nitriles is 1. The van der Waals surface area contributed by atoms with Crippen LogP contribution in [0.15, 0.2) is 42.5 Å². The molecule has 2 rings (SSSR count). The van der Waals surface area contributed by atoms with E-state index in [1.165, 1.54) is 17.2 Å². The lowest BCUT2D eigenvalue weighted by atomic mass is 10.1. The van der Waals surface area contributed by atoms with Crippen molar-refractivity contribution in [3.63, 3.8) is 0 Å². The van der Waals surface area contributed by atoms with Crippen molar-refractivity contribution in [2.24, 2.45) is 0 Å². The molecule has 0 atom stereocenters. The van der Waals surface area contributed by atoms with Gasteiger partial charge < -0.3 is 5.32 Å². The number of halogens is 1. The van der Waals surface area contributed by atoms with Gasteiger partial charge in [-0.05, 0) is 35.2 Å². The van der Waals surface area contributed by atoms with Gasteiger partial charge in [0.15, 0.2) is 0 Å². The Balaban J connectivity index is 1.98. The highest BCUT2D eigenvalue weighted by Crippen LogP contribution is 2.11. The first-order valence-electron chi connectivity index (χ1n) is 6.70. The van der Waals surface area contributed by atoms with E-state index in [1.807, 2.05) is 18.2 Å². The average Bonchev–Trinajstić information content (AvgIpc) is 2.49. The summed E-state index contributed by atoms with van der Waals surface area (Å²) in [5.74, 6) is -0.465. The summed E-state index contributed by atoms with van der Waals surface area (Å²) in [4.78, 5) is 0. The molecule has 0 saturated heterocycles. The molecular weight excluding hydrogens is 251 g/mol. The minimum absolute atomic E-state index is 0.0956. The molecule has 0 fully saturated rings. The second-order valence-corrected chi connectivity index (χ2v) is 4.65. The maximum absolute atomic E-state index is 13.2.